The Balaban J connectivity index is 2.54. The first kappa shape index (κ1) is 13.2. The van der Waals surface area contributed by atoms with Crippen molar-refractivity contribution >= 4 is 0 Å². The molecule has 1 rings (SSSR count). The van der Waals surface area contributed by atoms with Crippen molar-refractivity contribution in [2.45, 2.75) is 40.2 Å². The van der Waals surface area contributed by atoms with Gasteiger partial charge in [-0.2, -0.15) is 0 Å². The molecule has 0 radical (unpaired) electrons. The second-order valence-corrected chi connectivity index (χ2v) is 4.68. The van der Waals surface area contributed by atoms with E-state index in [2.05, 4.69) is 38.2 Å². The zero-order chi connectivity index (χ0) is 12.1. The summed E-state index contributed by atoms with van der Waals surface area (Å²) in [6.45, 7) is 9.87. The molecule has 2 N–H and O–H groups in total. The van der Waals surface area contributed by atoms with Crippen molar-refractivity contribution in [3.63, 3.8) is 0 Å². The fourth-order valence-electron chi connectivity index (χ4n) is 2.13. The third-order valence-electron chi connectivity index (χ3n) is 2.83. The fourth-order valence-corrected chi connectivity index (χ4v) is 2.13. The molecule has 0 spiro atoms. The molecular formula is C14H23NO. The van der Waals surface area contributed by atoms with Crippen LogP contribution in [0.15, 0.2) is 12.1 Å². The van der Waals surface area contributed by atoms with Gasteiger partial charge < -0.3 is 10.4 Å². The number of nitrogens with one attached hydrogen (secondary N) is 1. The number of hydrogen-bond donors (Lipinski definition) is 2. The Hall–Kier alpha value is -0.860. The van der Waals surface area contributed by atoms with Crippen LogP contribution in [0.1, 0.15) is 29.2 Å². The van der Waals surface area contributed by atoms with Crippen molar-refractivity contribution in [1.29, 1.82) is 0 Å². The average molecular weight is 221 g/mol. The molecule has 0 bridgehead atoms. The molecule has 0 heterocycles. The van der Waals surface area contributed by atoms with Crippen LogP contribution < -0.4 is 5.32 Å². The second kappa shape index (κ2) is 6.02. The van der Waals surface area contributed by atoms with E-state index in [1.54, 1.807) is 6.92 Å². The highest BCUT2D eigenvalue weighted by atomic mass is 16.3. The molecule has 1 atom stereocenters. The van der Waals surface area contributed by atoms with Gasteiger partial charge in [0.15, 0.2) is 0 Å². The summed E-state index contributed by atoms with van der Waals surface area (Å²) >= 11 is 0. The first-order valence-corrected chi connectivity index (χ1v) is 5.96. The topological polar surface area (TPSA) is 32.3 Å². The lowest BCUT2D eigenvalue weighted by Gasteiger charge is -2.12. The normalized spacial score (nSPS) is 12.8. The summed E-state index contributed by atoms with van der Waals surface area (Å²) in [5.74, 6) is 0. The highest BCUT2D eigenvalue weighted by Crippen LogP contribution is 2.16. The zero-order valence-corrected chi connectivity index (χ0v) is 10.8. The van der Waals surface area contributed by atoms with Crippen LogP contribution in [-0.4, -0.2) is 24.3 Å². The van der Waals surface area contributed by atoms with Gasteiger partial charge in [0.2, 0.25) is 0 Å². The van der Waals surface area contributed by atoms with E-state index in [0.717, 1.165) is 13.0 Å². The minimum absolute atomic E-state index is 0.264. The fraction of sp³-hybridized carbons (Fsp3) is 0.571. The molecule has 0 amide bonds. The van der Waals surface area contributed by atoms with Gasteiger partial charge in [-0.1, -0.05) is 17.7 Å². The molecule has 0 fully saturated rings. The van der Waals surface area contributed by atoms with Crippen LogP contribution in [0.2, 0.25) is 0 Å². The molecule has 0 aliphatic carbocycles. The number of rotatable bonds is 5. The van der Waals surface area contributed by atoms with Gasteiger partial charge in [-0.3, -0.25) is 0 Å². The van der Waals surface area contributed by atoms with Gasteiger partial charge in [0.1, 0.15) is 0 Å². The number of benzene rings is 1. The van der Waals surface area contributed by atoms with E-state index in [-0.39, 0.29) is 6.10 Å². The van der Waals surface area contributed by atoms with Crippen LogP contribution in [0.25, 0.3) is 0 Å². The Morgan fingerprint density at radius 2 is 1.75 bits per heavy atom. The van der Waals surface area contributed by atoms with Crippen LogP contribution in [0.5, 0.6) is 0 Å². The van der Waals surface area contributed by atoms with Crippen LogP contribution in [0, 0.1) is 20.8 Å². The maximum atomic E-state index is 9.13. The summed E-state index contributed by atoms with van der Waals surface area (Å²) in [6, 6.07) is 4.47. The van der Waals surface area contributed by atoms with E-state index in [1.807, 2.05) is 0 Å². The van der Waals surface area contributed by atoms with Crippen molar-refractivity contribution in [1.82, 2.24) is 5.32 Å². The second-order valence-electron chi connectivity index (χ2n) is 4.68. The van der Waals surface area contributed by atoms with Crippen LogP contribution in [0.4, 0.5) is 0 Å². The maximum absolute atomic E-state index is 9.13. The van der Waals surface area contributed by atoms with Crippen molar-refractivity contribution in [2.75, 3.05) is 13.1 Å². The highest BCUT2D eigenvalue weighted by molar-refractivity contribution is 5.37. The van der Waals surface area contributed by atoms with Crippen LogP contribution in [0.3, 0.4) is 0 Å². The van der Waals surface area contributed by atoms with Gasteiger partial charge in [0.25, 0.3) is 0 Å². The van der Waals surface area contributed by atoms with E-state index >= 15 is 0 Å². The van der Waals surface area contributed by atoms with Gasteiger partial charge in [-0.25, -0.2) is 0 Å². The number of hydrogen-bond acceptors (Lipinski definition) is 2. The minimum atomic E-state index is -0.264. The molecule has 0 saturated carbocycles. The Labute approximate surface area is 98.7 Å². The molecule has 1 aromatic rings. The lowest BCUT2D eigenvalue weighted by Crippen LogP contribution is -2.26. The summed E-state index contributed by atoms with van der Waals surface area (Å²) in [4.78, 5) is 0. The van der Waals surface area contributed by atoms with Crippen LogP contribution >= 0.6 is 0 Å². The number of aliphatic hydroxyl groups excluding tert-OH is 1. The van der Waals surface area contributed by atoms with Crippen molar-refractivity contribution in [3.8, 4) is 0 Å². The van der Waals surface area contributed by atoms with E-state index in [4.69, 9.17) is 5.11 Å². The summed E-state index contributed by atoms with van der Waals surface area (Å²) in [5, 5.41) is 12.4. The van der Waals surface area contributed by atoms with E-state index in [0.29, 0.717) is 6.54 Å². The highest BCUT2D eigenvalue weighted by Gasteiger charge is 2.03. The largest absolute Gasteiger partial charge is 0.392 e. The molecule has 90 valence electrons. The lowest BCUT2D eigenvalue weighted by molar-refractivity contribution is 0.191. The zero-order valence-electron chi connectivity index (χ0n) is 10.8. The summed E-state index contributed by atoms with van der Waals surface area (Å²) < 4.78 is 0. The van der Waals surface area contributed by atoms with Gasteiger partial charge in [0.05, 0.1) is 6.10 Å². The number of aryl methyl sites for hydroxylation is 3. The monoisotopic (exact) mass is 221 g/mol. The maximum Gasteiger partial charge on any atom is 0.0636 e. The quantitative estimate of drug-likeness (QED) is 0.747. The van der Waals surface area contributed by atoms with Gasteiger partial charge in [-0.05, 0) is 57.4 Å². The van der Waals surface area contributed by atoms with E-state index in [1.165, 1.54) is 22.3 Å². The van der Waals surface area contributed by atoms with Crippen LogP contribution in [-0.2, 0) is 6.42 Å². The van der Waals surface area contributed by atoms with Gasteiger partial charge in [0, 0.05) is 6.54 Å². The molecule has 16 heavy (non-hydrogen) atoms. The Morgan fingerprint density at radius 1 is 1.19 bits per heavy atom. The molecular weight excluding hydrogens is 198 g/mol. The SMILES string of the molecule is Cc1cc(C)c(CCNCC(C)O)c(C)c1. The molecule has 2 heteroatoms. The minimum Gasteiger partial charge on any atom is -0.392 e. The smallest absolute Gasteiger partial charge is 0.0636 e. The van der Waals surface area contributed by atoms with Crippen molar-refractivity contribution in [3.05, 3.63) is 34.4 Å². The molecule has 1 unspecified atom stereocenters. The predicted octanol–water partition coefficient (Wildman–Crippen LogP) is 2.12. The Morgan fingerprint density at radius 3 is 2.25 bits per heavy atom. The molecule has 0 aliphatic heterocycles. The van der Waals surface area contributed by atoms with Gasteiger partial charge in [-0.15, -0.1) is 0 Å². The molecule has 2 nitrogen and oxygen atoms in total. The summed E-state index contributed by atoms with van der Waals surface area (Å²) in [7, 11) is 0. The van der Waals surface area contributed by atoms with E-state index in [9.17, 15) is 0 Å². The molecule has 1 aromatic carbocycles. The number of aliphatic hydroxyl groups is 1. The standard InChI is InChI=1S/C14H23NO/c1-10-7-11(2)14(12(3)8-10)5-6-15-9-13(4)16/h7-8,13,15-16H,5-6,9H2,1-4H3. The summed E-state index contributed by atoms with van der Waals surface area (Å²) in [5.41, 5.74) is 5.51. The van der Waals surface area contributed by atoms with Crippen molar-refractivity contribution in [2.24, 2.45) is 0 Å². The van der Waals surface area contributed by atoms with Gasteiger partial charge >= 0.3 is 0 Å². The third kappa shape index (κ3) is 3.95. The Bertz CT molecular complexity index is 322. The molecule has 0 aliphatic rings. The van der Waals surface area contributed by atoms with E-state index < -0.39 is 0 Å². The average Bonchev–Trinajstić information content (AvgIpc) is 2.14. The predicted molar refractivity (Wildman–Crippen MR) is 68.9 cm³/mol. The molecule has 0 aromatic heterocycles. The third-order valence-corrected chi connectivity index (χ3v) is 2.83. The van der Waals surface area contributed by atoms with Crippen molar-refractivity contribution < 1.29 is 5.11 Å². The first-order valence-electron chi connectivity index (χ1n) is 5.96. The first-order chi connectivity index (χ1) is 7.50. The Kier molecular flexibility index (Phi) is 4.97. The lowest BCUT2D eigenvalue weighted by atomic mass is 9.97. The summed E-state index contributed by atoms with van der Waals surface area (Å²) in [6.07, 6.45) is 0.769. The molecule has 0 saturated heterocycles.